The van der Waals surface area contributed by atoms with Gasteiger partial charge < -0.3 is 10.6 Å². The van der Waals surface area contributed by atoms with Gasteiger partial charge in [0.15, 0.2) is 0 Å². The summed E-state index contributed by atoms with van der Waals surface area (Å²) in [5.41, 5.74) is 0.801. The first-order valence-electron chi connectivity index (χ1n) is 6.84. The number of benzene rings is 1. The van der Waals surface area contributed by atoms with Crippen LogP contribution in [0.3, 0.4) is 0 Å². The molecule has 0 unspecified atom stereocenters. The molecule has 6 nitrogen and oxygen atoms in total. The highest BCUT2D eigenvalue weighted by Gasteiger charge is 2.15. The van der Waals surface area contributed by atoms with Gasteiger partial charge in [-0.15, -0.1) is 0 Å². The summed E-state index contributed by atoms with van der Waals surface area (Å²) >= 11 is 0. The highest BCUT2D eigenvalue weighted by atomic mass is 16.6. The maximum Gasteiger partial charge on any atom is 0.292 e. The number of carbonyl (C=O) groups excluding carboxylic acids is 1. The number of hydrogen-bond donors (Lipinski definition) is 2. The van der Waals surface area contributed by atoms with Crippen molar-refractivity contribution in [2.75, 3.05) is 18.9 Å². The Balaban J connectivity index is 2.78. The Morgan fingerprint density at radius 3 is 2.65 bits per heavy atom. The minimum Gasteiger partial charge on any atom is -0.379 e. The average molecular weight is 279 g/mol. The Morgan fingerprint density at radius 1 is 1.30 bits per heavy atom. The molecule has 0 atom stereocenters. The fourth-order valence-electron chi connectivity index (χ4n) is 1.90. The van der Waals surface area contributed by atoms with Crippen LogP contribution in [0.1, 0.15) is 43.0 Å². The van der Waals surface area contributed by atoms with Crippen molar-refractivity contribution in [3.63, 3.8) is 0 Å². The number of anilines is 1. The summed E-state index contributed by atoms with van der Waals surface area (Å²) in [5, 5.41) is 16.5. The Hall–Kier alpha value is -2.11. The Labute approximate surface area is 118 Å². The van der Waals surface area contributed by atoms with Crippen LogP contribution in [0.2, 0.25) is 0 Å². The molecule has 0 radical (unpaired) electrons. The van der Waals surface area contributed by atoms with Crippen molar-refractivity contribution < 1.29 is 9.72 Å². The van der Waals surface area contributed by atoms with Crippen molar-refractivity contribution >= 4 is 17.3 Å². The van der Waals surface area contributed by atoms with Crippen molar-refractivity contribution in [1.82, 2.24) is 5.32 Å². The molecule has 1 rings (SSSR count). The molecule has 6 heteroatoms. The number of unbranched alkanes of at least 4 members (excludes halogenated alkanes) is 3. The lowest BCUT2D eigenvalue weighted by atomic mass is 10.1. The SMILES string of the molecule is CCCCCCNc1cc(C(=O)NC)ccc1[N+](=O)[O-]. The molecule has 2 N–H and O–H groups in total. The third-order valence-electron chi connectivity index (χ3n) is 3.03. The number of carbonyl (C=O) groups is 1. The van der Waals surface area contributed by atoms with Crippen molar-refractivity contribution in [1.29, 1.82) is 0 Å². The van der Waals surface area contributed by atoms with Crippen LogP contribution >= 0.6 is 0 Å². The zero-order valence-electron chi connectivity index (χ0n) is 11.9. The second-order valence-electron chi connectivity index (χ2n) is 4.56. The average Bonchev–Trinajstić information content (AvgIpc) is 2.45. The molecule has 0 aliphatic carbocycles. The van der Waals surface area contributed by atoms with Gasteiger partial charge in [-0.25, -0.2) is 0 Å². The van der Waals surface area contributed by atoms with Crippen LogP contribution in [0.25, 0.3) is 0 Å². The monoisotopic (exact) mass is 279 g/mol. The van der Waals surface area contributed by atoms with Gasteiger partial charge in [-0.3, -0.25) is 14.9 Å². The topological polar surface area (TPSA) is 84.3 Å². The number of rotatable bonds is 8. The van der Waals surface area contributed by atoms with E-state index in [1.807, 2.05) is 0 Å². The minimum absolute atomic E-state index is 0.00635. The van der Waals surface area contributed by atoms with Gasteiger partial charge in [0.2, 0.25) is 0 Å². The Bertz CT molecular complexity index is 475. The smallest absolute Gasteiger partial charge is 0.292 e. The van der Waals surface area contributed by atoms with Crippen LogP contribution in [0, 0.1) is 10.1 Å². The van der Waals surface area contributed by atoms with Gasteiger partial charge in [-0.05, 0) is 18.6 Å². The maximum absolute atomic E-state index is 11.6. The van der Waals surface area contributed by atoms with E-state index in [0.717, 1.165) is 25.7 Å². The van der Waals surface area contributed by atoms with Crippen LogP contribution in [-0.2, 0) is 0 Å². The number of nitro benzene ring substituents is 1. The van der Waals surface area contributed by atoms with Crippen LogP contribution in [0.15, 0.2) is 18.2 Å². The number of amides is 1. The van der Waals surface area contributed by atoms with E-state index in [2.05, 4.69) is 17.6 Å². The summed E-state index contributed by atoms with van der Waals surface area (Å²) in [6.45, 7) is 2.79. The van der Waals surface area contributed by atoms with Gasteiger partial charge in [0, 0.05) is 25.2 Å². The quantitative estimate of drug-likeness (QED) is 0.435. The zero-order valence-corrected chi connectivity index (χ0v) is 11.9. The Morgan fingerprint density at radius 2 is 2.05 bits per heavy atom. The van der Waals surface area contributed by atoms with E-state index < -0.39 is 4.92 Å². The molecule has 20 heavy (non-hydrogen) atoms. The lowest BCUT2D eigenvalue weighted by Gasteiger charge is -2.08. The molecule has 0 saturated heterocycles. The van der Waals surface area contributed by atoms with Gasteiger partial charge in [0.05, 0.1) is 4.92 Å². The first-order valence-corrected chi connectivity index (χ1v) is 6.84. The lowest BCUT2D eigenvalue weighted by molar-refractivity contribution is -0.384. The third kappa shape index (κ3) is 4.53. The number of hydrogen-bond acceptors (Lipinski definition) is 4. The fourth-order valence-corrected chi connectivity index (χ4v) is 1.90. The van der Waals surface area contributed by atoms with E-state index in [-0.39, 0.29) is 11.6 Å². The molecule has 0 spiro atoms. The minimum atomic E-state index is -0.442. The second-order valence-corrected chi connectivity index (χ2v) is 4.56. The van der Waals surface area contributed by atoms with Gasteiger partial charge in [0.1, 0.15) is 5.69 Å². The summed E-state index contributed by atoms with van der Waals surface area (Å²) in [5.74, 6) is -0.256. The number of nitrogens with zero attached hydrogens (tertiary/aromatic N) is 1. The first kappa shape index (κ1) is 15.9. The van der Waals surface area contributed by atoms with E-state index in [1.54, 1.807) is 0 Å². The molecule has 1 amide bonds. The fraction of sp³-hybridized carbons (Fsp3) is 0.500. The second kappa shape index (κ2) is 8.14. The number of nitro groups is 1. The molecule has 0 aromatic heterocycles. The normalized spacial score (nSPS) is 10.1. The molecule has 1 aromatic carbocycles. The van der Waals surface area contributed by atoms with Crippen LogP contribution in [0.4, 0.5) is 11.4 Å². The van der Waals surface area contributed by atoms with Crippen LogP contribution in [-0.4, -0.2) is 24.4 Å². The van der Waals surface area contributed by atoms with E-state index in [0.29, 0.717) is 17.8 Å². The van der Waals surface area contributed by atoms with Crippen molar-refractivity contribution in [3.8, 4) is 0 Å². The largest absolute Gasteiger partial charge is 0.379 e. The molecule has 0 heterocycles. The summed E-state index contributed by atoms with van der Waals surface area (Å²) in [6.07, 6.45) is 4.34. The zero-order chi connectivity index (χ0) is 15.0. The Kier molecular flexibility index (Phi) is 6.49. The lowest BCUT2D eigenvalue weighted by Crippen LogP contribution is -2.18. The predicted molar refractivity (Wildman–Crippen MR) is 79.1 cm³/mol. The van der Waals surface area contributed by atoms with Gasteiger partial charge in [0.25, 0.3) is 11.6 Å². The van der Waals surface area contributed by atoms with Gasteiger partial charge >= 0.3 is 0 Å². The van der Waals surface area contributed by atoms with E-state index in [4.69, 9.17) is 0 Å². The summed E-state index contributed by atoms with van der Waals surface area (Å²) in [4.78, 5) is 22.1. The summed E-state index contributed by atoms with van der Waals surface area (Å²) in [6, 6.07) is 4.34. The molecular weight excluding hydrogens is 258 g/mol. The van der Waals surface area contributed by atoms with Crippen LogP contribution < -0.4 is 10.6 Å². The van der Waals surface area contributed by atoms with Gasteiger partial charge in [-0.1, -0.05) is 26.2 Å². The first-order chi connectivity index (χ1) is 9.60. The van der Waals surface area contributed by atoms with E-state index in [1.165, 1.54) is 25.2 Å². The summed E-state index contributed by atoms with van der Waals surface area (Å²) < 4.78 is 0. The maximum atomic E-state index is 11.6. The number of nitrogens with one attached hydrogen (secondary N) is 2. The third-order valence-corrected chi connectivity index (χ3v) is 3.03. The molecule has 0 aliphatic heterocycles. The molecule has 1 aromatic rings. The standard InChI is InChI=1S/C14H21N3O3/c1-3-4-5-6-9-16-12-10-11(14(18)15-2)7-8-13(12)17(19)20/h7-8,10,16H,3-6,9H2,1-2H3,(H,15,18). The highest BCUT2D eigenvalue weighted by Crippen LogP contribution is 2.25. The van der Waals surface area contributed by atoms with Crippen molar-refractivity contribution in [2.45, 2.75) is 32.6 Å². The van der Waals surface area contributed by atoms with E-state index >= 15 is 0 Å². The van der Waals surface area contributed by atoms with Crippen LogP contribution in [0.5, 0.6) is 0 Å². The molecule has 0 saturated carbocycles. The van der Waals surface area contributed by atoms with E-state index in [9.17, 15) is 14.9 Å². The molecule has 0 bridgehead atoms. The van der Waals surface area contributed by atoms with Crippen molar-refractivity contribution in [2.24, 2.45) is 0 Å². The molecule has 0 aliphatic rings. The predicted octanol–water partition coefficient (Wildman–Crippen LogP) is 2.95. The highest BCUT2D eigenvalue weighted by molar-refractivity contribution is 5.95. The molecular formula is C14H21N3O3. The molecule has 0 fully saturated rings. The summed E-state index contributed by atoms with van der Waals surface area (Å²) in [7, 11) is 1.53. The van der Waals surface area contributed by atoms with Gasteiger partial charge in [-0.2, -0.15) is 0 Å². The van der Waals surface area contributed by atoms with Crippen molar-refractivity contribution in [3.05, 3.63) is 33.9 Å². The molecule has 110 valence electrons.